The lowest BCUT2D eigenvalue weighted by atomic mass is 9.43. The molecular formula is C20H30O4. The smallest absolute Gasteiger partial charge is 0.173 e. The highest BCUT2D eigenvalue weighted by Gasteiger charge is 2.68. The van der Waals surface area contributed by atoms with Gasteiger partial charge in [-0.25, -0.2) is 0 Å². The van der Waals surface area contributed by atoms with Gasteiger partial charge in [-0.05, 0) is 54.8 Å². The van der Waals surface area contributed by atoms with Crippen molar-refractivity contribution in [3.8, 4) is 0 Å². The minimum atomic E-state index is -1.86. The van der Waals surface area contributed by atoms with Gasteiger partial charge in [0, 0.05) is 24.2 Å². The van der Waals surface area contributed by atoms with Gasteiger partial charge in [-0.15, -0.1) is 0 Å². The van der Waals surface area contributed by atoms with E-state index in [1.54, 1.807) is 0 Å². The van der Waals surface area contributed by atoms with Crippen LogP contribution in [-0.4, -0.2) is 27.6 Å². The summed E-state index contributed by atoms with van der Waals surface area (Å²) in [5.41, 5.74) is -0.499. The van der Waals surface area contributed by atoms with Gasteiger partial charge in [-0.2, -0.15) is 0 Å². The van der Waals surface area contributed by atoms with Gasteiger partial charge in [0.05, 0.1) is 6.42 Å². The maximum absolute atomic E-state index is 12.5. The van der Waals surface area contributed by atoms with Crippen molar-refractivity contribution in [3.05, 3.63) is 0 Å². The molecule has 0 heterocycles. The van der Waals surface area contributed by atoms with Crippen LogP contribution in [-0.2, 0) is 9.59 Å². The normalized spacial score (nSPS) is 53.3. The van der Waals surface area contributed by atoms with Crippen LogP contribution in [0.25, 0.3) is 0 Å². The lowest BCUT2D eigenvalue weighted by molar-refractivity contribution is -0.243. The molecule has 0 aliphatic heterocycles. The number of ketones is 2. The molecule has 0 saturated heterocycles. The van der Waals surface area contributed by atoms with Crippen molar-refractivity contribution < 1.29 is 19.8 Å². The van der Waals surface area contributed by atoms with Crippen molar-refractivity contribution in [1.82, 2.24) is 0 Å². The first-order valence-electron chi connectivity index (χ1n) is 9.60. The topological polar surface area (TPSA) is 74.6 Å². The van der Waals surface area contributed by atoms with Crippen LogP contribution in [0.1, 0.15) is 65.7 Å². The van der Waals surface area contributed by atoms with E-state index in [1.165, 1.54) is 0 Å². The lowest BCUT2D eigenvalue weighted by Gasteiger charge is -2.62. The molecular weight excluding hydrogens is 304 g/mol. The third-order valence-corrected chi connectivity index (χ3v) is 8.76. The SMILES string of the molecule is CC1CC(=O)CC2CC[C@@H]3[C@@H](CC[C@]4(C)C(=O)CC(O)(O)[C@@H]34)[C@@]12C. The quantitative estimate of drug-likeness (QED) is 0.668. The standard InChI is InChI=1S/C20H30O4/c1-11-8-13(21)9-12-4-5-14-15(19(11,12)3)6-7-18(2)16(22)10-20(23,24)17(14)18/h11-12,14-15,17,23-24H,4-10H2,1-3H3/t11?,12?,14-,15-,17+,18-,19+/m1/s1. The Balaban J connectivity index is 1.74. The summed E-state index contributed by atoms with van der Waals surface area (Å²) in [5.74, 6) is -0.462. The van der Waals surface area contributed by atoms with Crippen LogP contribution in [0, 0.1) is 40.4 Å². The summed E-state index contributed by atoms with van der Waals surface area (Å²) in [4.78, 5) is 24.6. The molecule has 2 N–H and O–H groups in total. The Morgan fingerprint density at radius 2 is 1.75 bits per heavy atom. The molecule has 4 aliphatic carbocycles. The predicted molar refractivity (Wildman–Crippen MR) is 88.8 cm³/mol. The maximum Gasteiger partial charge on any atom is 0.173 e. The Kier molecular flexibility index (Phi) is 3.42. The monoisotopic (exact) mass is 334 g/mol. The molecule has 0 aromatic rings. The molecule has 0 aromatic heterocycles. The molecule has 0 amide bonds. The van der Waals surface area contributed by atoms with Gasteiger partial charge in [0.15, 0.2) is 5.79 Å². The summed E-state index contributed by atoms with van der Waals surface area (Å²) in [6.45, 7) is 6.49. The van der Waals surface area contributed by atoms with Gasteiger partial charge in [-0.3, -0.25) is 9.59 Å². The summed E-state index contributed by atoms with van der Waals surface area (Å²) in [6, 6.07) is 0. The average Bonchev–Trinajstić information content (AvgIpc) is 2.66. The average molecular weight is 334 g/mol. The van der Waals surface area contributed by atoms with Crippen LogP contribution >= 0.6 is 0 Å². The predicted octanol–water partition coefficient (Wildman–Crippen LogP) is 2.70. The van der Waals surface area contributed by atoms with Crippen LogP contribution in [0.2, 0.25) is 0 Å². The third-order valence-electron chi connectivity index (χ3n) is 8.76. The van der Waals surface area contributed by atoms with Gasteiger partial charge in [0.2, 0.25) is 0 Å². The summed E-state index contributed by atoms with van der Waals surface area (Å²) in [5, 5.41) is 21.3. The zero-order valence-electron chi connectivity index (χ0n) is 15.0. The molecule has 0 aromatic carbocycles. The molecule has 7 atom stereocenters. The fourth-order valence-corrected chi connectivity index (χ4v) is 7.40. The van der Waals surface area contributed by atoms with Crippen LogP contribution in [0.5, 0.6) is 0 Å². The molecule has 4 aliphatic rings. The Hall–Kier alpha value is -0.740. The Morgan fingerprint density at radius 1 is 1.04 bits per heavy atom. The van der Waals surface area contributed by atoms with Gasteiger partial charge in [0.25, 0.3) is 0 Å². The first kappa shape index (κ1) is 16.7. The highest BCUT2D eigenvalue weighted by Crippen LogP contribution is 2.67. The summed E-state index contributed by atoms with van der Waals surface area (Å²) in [7, 11) is 0. The second-order valence-electron chi connectivity index (χ2n) is 9.67. The Morgan fingerprint density at radius 3 is 2.46 bits per heavy atom. The highest BCUT2D eigenvalue weighted by molar-refractivity contribution is 5.88. The number of carbonyl (C=O) groups is 2. The zero-order chi connectivity index (χ0) is 17.5. The Labute approximate surface area is 144 Å². The summed E-state index contributed by atoms with van der Waals surface area (Å²) < 4.78 is 0. The molecule has 4 saturated carbocycles. The van der Waals surface area contributed by atoms with E-state index in [1.807, 2.05) is 6.92 Å². The molecule has 4 rings (SSSR count). The number of rotatable bonds is 0. The molecule has 4 heteroatoms. The molecule has 4 nitrogen and oxygen atoms in total. The van der Waals surface area contributed by atoms with Crippen molar-refractivity contribution in [2.24, 2.45) is 40.4 Å². The van der Waals surface area contributed by atoms with Crippen LogP contribution < -0.4 is 0 Å². The van der Waals surface area contributed by atoms with E-state index in [2.05, 4.69) is 13.8 Å². The zero-order valence-corrected chi connectivity index (χ0v) is 15.0. The molecule has 2 unspecified atom stereocenters. The molecule has 134 valence electrons. The Bertz CT molecular complexity index is 596. The van der Waals surface area contributed by atoms with Crippen LogP contribution in [0.3, 0.4) is 0 Å². The van der Waals surface area contributed by atoms with Crippen molar-refractivity contribution in [2.75, 3.05) is 0 Å². The van der Waals surface area contributed by atoms with Crippen molar-refractivity contribution in [3.63, 3.8) is 0 Å². The van der Waals surface area contributed by atoms with E-state index >= 15 is 0 Å². The second kappa shape index (κ2) is 4.91. The minimum Gasteiger partial charge on any atom is -0.365 e. The molecule has 4 fully saturated rings. The van der Waals surface area contributed by atoms with E-state index in [0.717, 1.165) is 25.7 Å². The van der Waals surface area contributed by atoms with Crippen molar-refractivity contribution in [1.29, 1.82) is 0 Å². The number of Topliss-reactive ketones (excluding diaryl/α,β-unsaturated/α-hetero) is 2. The molecule has 0 bridgehead atoms. The second-order valence-corrected chi connectivity index (χ2v) is 9.67. The fraction of sp³-hybridized carbons (Fsp3) is 0.900. The van der Waals surface area contributed by atoms with Gasteiger partial charge >= 0.3 is 0 Å². The molecule has 0 spiro atoms. The summed E-state index contributed by atoms with van der Waals surface area (Å²) >= 11 is 0. The third kappa shape index (κ3) is 1.93. The number of aliphatic hydroxyl groups is 2. The number of hydrogen-bond acceptors (Lipinski definition) is 4. The maximum atomic E-state index is 12.5. The van der Waals surface area contributed by atoms with E-state index in [-0.39, 0.29) is 29.5 Å². The van der Waals surface area contributed by atoms with E-state index in [0.29, 0.717) is 36.4 Å². The lowest BCUT2D eigenvalue weighted by Crippen LogP contribution is -2.59. The van der Waals surface area contributed by atoms with Gasteiger partial charge in [-0.1, -0.05) is 20.8 Å². The number of hydrogen-bond donors (Lipinski definition) is 2. The van der Waals surface area contributed by atoms with E-state index < -0.39 is 11.2 Å². The highest BCUT2D eigenvalue weighted by atomic mass is 16.5. The first-order valence-corrected chi connectivity index (χ1v) is 9.60. The van der Waals surface area contributed by atoms with Crippen LogP contribution in [0.15, 0.2) is 0 Å². The van der Waals surface area contributed by atoms with E-state index in [9.17, 15) is 19.8 Å². The molecule has 0 radical (unpaired) electrons. The molecule has 24 heavy (non-hydrogen) atoms. The largest absolute Gasteiger partial charge is 0.365 e. The van der Waals surface area contributed by atoms with Gasteiger partial charge in [0.1, 0.15) is 11.6 Å². The number of fused-ring (bicyclic) bond motifs is 5. The summed E-state index contributed by atoms with van der Waals surface area (Å²) in [6.07, 6.45) is 4.85. The number of carbonyl (C=O) groups excluding carboxylic acids is 2. The van der Waals surface area contributed by atoms with Gasteiger partial charge < -0.3 is 10.2 Å². The minimum absolute atomic E-state index is 0.0232. The first-order chi connectivity index (χ1) is 11.1. The fourth-order valence-electron chi connectivity index (χ4n) is 7.40. The van der Waals surface area contributed by atoms with E-state index in [4.69, 9.17) is 0 Å². The van der Waals surface area contributed by atoms with Crippen molar-refractivity contribution >= 4 is 11.6 Å². The van der Waals surface area contributed by atoms with Crippen LogP contribution in [0.4, 0.5) is 0 Å². The van der Waals surface area contributed by atoms with Crippen molar-refractivity contribution in [2.45, 2.75) is 71.5 Å².